The van der Waals surface area contributed by atoms with E-state index < -0.39 is 0 Å². The molecule has 1 aromatic heterocycles. The molecule has 1 unspecified atom stereocenters. The third kappa shape index (κ3) is 3.21. The van der Waals surface area contributed by atoms with E-state index in [0.717, 1.165) is 62.3 Å². The Hall–Kier alpha value is -2.95. The van der Waals surface area contributed by atoms with Crippen molar-refractivity contribution in [2.75, 3.05) is 24.5 Å². The average molecular weight is 372 g/mol. The maximum atomic E-state index is 13.2. The number of aromatic nitrogens is 2. The number of carbonyl (C=O) groups excluding carboxylic acids is 1. The molecule has 2 aromatic carbocycles. The average Bonchev–Trinajstić information content (AvgIpc) is 2.78. The Morgan fingerprint density at radius 2 is 1.75 bits per heavy atom. The van der Waals surface area contributed by atoms with Crippen LogP contribution in [0.25, 0.3) is 11.0 Å². The zero-order chi connectivity index (χ0) is 18.9. The highest BCUT2D eigenvalue weighted by atomic mass is 16.2. The fourth-order valence-corrected chi connectivity index (χ4v) is 4.43. The molecule has 0 radical (unpaired) electrons. The van der Waals surface area contributed by atoms with Crippen LogP contribution < -0.4 is 4.90 Å². The Morgan fingerprint density at radius 3 is 2.64 bits per heavy atom. The minimum atomic E-state index is 0.0345. The highest BCUT2D eigenvalue weighted by Crippen LogP contribution is 2.26. The second-order valence-corrected chi connectivity index (χ2v) is 7.78. The van der Waals surface area contributed by atoms with E-state index in [1.807, 2.05) is 35.4 Å². The number of carbonyl (C=O) groups is 1. The van der Waals surface area contributed by atoms with Crippen LogP contribution in [0.3, 0.4) is 0 Å². The van der Waals surface area contributed by atoms with Crippen molar-refractivity contribution in [1.29, 1.82) is 0 Å². The highest BCUT2D eigenvalue weighted by molar-refractivity contribution is 5.80. The van der Waals surface area contributed by atoms with Crippen LogP contribution >= 0.6 is 0 Å². The summed E-state index contributed by atoms with van der Waals surface area (Å²) in [6, 6.07) is 16.4. The lowest BCUT2D eigenvalue weighted by Gasteiger charge is -2.37. The zero-order valence-corrected chi connectivity index (χ0v) is 15.9. The number of para-hydroxylation sites is 2. The Balaban J connectivity index is 1.32. The minimum Gasteiger partial charge on any atom is -0.355 e. The predicted molar refractivity (Wildman–Crippen MR) is 110 cm³/mol. The summed E-state index contributed by atoms with van der Waals surface area (Å²) in [6.45, 7) is 3.22. The summed E-state index contributed by atoms with van der Waals surface area (Å²) < 4.78 is 0. The van der Waals surface area contributed by atoms with Gasteiger partial charge in [-0.3, -0.25) is 9.78 Å². The summed E-state index contributed by atoms with van der Waals surface area (Å²) in [5.41, 5.74) is 4.47. The number of hydrogen-bond acceptors (Lipinski definition) is 4. The largest absolute Gasteiger partial charge is 0.355 e. The van der Waals surface area contributed by atoms with Crippen LogP contribution in [-0.2, 0) is 17.8 Å². The van der Waals surface area contributed by atoms with Gasteiger partial charge in [-0.15, -0.1) is 0 Å². The van der Waals surface area contributed by atoms with Crippen molar-refractivity contribution in [2.45, 2.75) is 25.8 Å². The molecule has 5 nitrogen and oxygen atoms in total. The van der Waals surface area contributed by atoms with Gasteiger partial charge in [0.25, 0.3) is 0 Å². The summed E-state index contributed by atoms with van der Waals surface area (Å²) in [5, 5.41) is 0. The Labute approximate surface area is 165 Å². The Kier molecular flexibility index (Phi) is 4.43. The number of benzene rings is 2. The van der Waals surface area contributed by atoms with Gasteiger partial charge in [-0.05, 0) is 42.5 Å². The molecule has 142 valence electrons. The molecule has 3 aromatic rings. The molecular weight excluding hydrogens is 348 g/mol. The molecule has 0 saturated carbocycles. The van der Waals surface area contributed by atoms with Gasteiger partial charge in [-0.2, -0.15) is 0 Å². The Bertz CT molecular complexity index is 1020. The highest BCUT2D eigenvalue weighted by Gasteiger charge is 2.31. The summed E-state index contributed by atoms with van der Waals surface area (Å²) in [5.74, 6) is 1.19. The van der Waals surface area contributed by atoms with Gasteiger partial charge >= 0.3 is 0 Å². The van der Waals surface area contributed by atoms with Crippen LogP contribution in [0.1, 0.15) is 24.0 Å². The molecule has 1 fully saturated rings. The minimum absolute atomic E-state index is 0.0345. The number of amides is 1. The molecule has 0 spiro atoms. The molecule has 2 aliphatic heterocycles. The van der Waals surface area contributed by atoms with E-state index in [-0.39, 0.29) is 11.8 Å². The van der Waals surface area contributed by atoms with Crippen molar-refractivity contribution in [2.24, 2.45) is 5.92 Å². The van der Waals surface area contributed by atoms with E-state index in [0.29, 0.717) is 0 Å². The molecule has 1 amide bonds. The monoisotopic (exact) mass is 372 g/mol. The second kappa shape index (κ2) is 7.23. The van der Waals surface area contributed by atoms with Gasteiger partial charge in [-0.1, -0.05) is 36.4 Å². The number of fused-ring (bicyclic) bond motifs is 2. The molecule has 28 heavy (non-hydrogen) atoms. The van der Waals surface area contributed by atoms with Gasteiger partial charge in [0, 0.05) is 26.2 Å². The number of piperidine rings is 1. The summed E-state index contributed by atoms with van der Waals surface area (Å²) in [7, 11) is 0. The van der Waals surface area contributed by atoms with Crippen LogP contribution in [0, 0.1) is 5.92 Å². The molecule has 5 heteroatoms. The van der Waals surface area contributed by atoms with Crippen molar-refractivity contribution in [1.82, 2.24) is 14.9 Å². The van der Waals surface area contributed by atoms with E-state index in [4.69, 9.17) is 4.98 Å². The number of anilines is 1. The molecule has 0 aliphatic carbocycles. The standard InChI is InChI=1S/C23H24N4O/c28-23(27-13-11-17-6-1-2-7-18(17)15-27)19-8-5-12-26(16-19)22-14-24-20-9-3-4-10-21(20)25-22/h1-4,6-7,9-10,14,19H,5,8,11-13,15-16H2. The van der Waals surface area contributed by atoms with Gasteiger partial charge in [-0.25, -0.2) is 4.98 Å². The van der Waals surface area contributed by atoms with Gasteiger partial charge < -0.3 is 9.80 Å². The summed E-state index contributed by atoms with van der Waals surface area (Å²) in [4.78, 5) is 26.8. The maximum absolute atomic E-state index is 13.2. The third-order valence-corrected chi connectivity index (χ3v) is 5.97. The predicted octanol–water partition coefficient (Wildman–Crippen LogP) is 3.43. The molecule has 2 aliphatic rings. The second-order valence-electron chi connectivity index (χ2n) is 7.78. The van der Waals surface area contributed by atoms with Gasteiger partial charge in [0.2, 0.25) is 5.91 Å². The molecule has 0 N–H and O–H groups in total. The molecular formula is C23H24N4O. The van der Waals surface area contributed by atoms with Crippen LogP contribution in [0.15, 0.2) is 54.7 Å². The third-order valence-electron chi connectivity index (χ3n) is 5.97. The number of nitrogens with zero attached hydrogens (tertiary/aromatic N) is 4. The van der Waals surface area contributed by atoms with E-state index >= 15 is 0 Å². The first-order chi connectivity index (χ1) is 13.8. The van der Waals surface area contributed by atoms with E-state index in [2.05, 4.69) is 34.1 Å². The SMILES string of the molecule is O=C(C1CCCN(c2cnc3ccccc3n2)C1)N1CCc2ccccc2C1. The van der Waals surface area contributed by atoms with Crippen LogP contribution in [0.2, 0.25) is 0 Å². The Morgan fingerprint density at radius 1 is 0.964 bits per heavy atom. The number of rotatable bonds is 2. The maximum Gasteiger partial charge on any atom is 0.227 e. The first kappa shape index (κ1) is 17.2. The van der Waals surface area contributed by atoms with Crippen molar-refractivity contribution < 1.29 is 4.79 Å². The van der Waals surface area contributed by atoms with Gasteiger partial charge in [0.1, 0.15) is 5.82 Å². The van der Waals surface area contributed by atoms with E-state index in [1.54, 1.807) is 0 Å². The van der Waals surface area contributed by atoms with Crippen LogP contribution in [0.4, 0.5) is 5.82 Å². The quantitative estimate of drug-likeness (QED) is 0.692. The lowest BCUT2D eigenvalue weighted by molar-refractivity contribution is -0.136. The van der Waals surface area contributed by atoms with Crippen molar-refractivity contribution in [3.63, 3.8) is 0 Å². The molecule has 5 rings (SSSR count). The smallest absolute Gasteiger partial charge is 0.227 e. The van der Waals surface area contributed by atoms with Crippen LogP contribution in [-0.4, -0.2) is 40.4 Å². The van der Waals surface area contributed by atoms with E-state index in [9.17, 15) is 4.79 Å². The molecule has 0 bridgehead atoms. The number of hydrogen-bond donors (Lipinski definition) is 0. The topological polar surface area (TPSA) is 49.3 Å². The summed E-state index contributed by atoms with van der Waals surface area (Å²) in [6.07, 6.45) is 4.75. The van der Waals surface area contributed by atoms with Crippen LogP contribution in [0.5, 0.6) is 0 Å². The molecule has 3 heterocycles. The van der Waals surface area contributed by atoms with Crippen molar-refractivity contribution in [3.05, 3.63) is 65.9 Å². The normalized spacial score (nSPS) is 19.5. The van der Waals surface area contributed by atoms with E-state index in [1.165, 1.54) is 11.1 Å². The first-order valence-corrected chi connectivity index (χ1v) is 10.1. The molecule has 1 atom stereocenters. The fraction of sp³-hybridized carbons (Fsp3) is 0.348. The molecule has 1 saturated heterocycles. The first-order valence-electron chi connectivity index (χ1n) is 10.1. The fourth-order valence-electron chi connectivity index (χ4n) is 4.43. The van der Waals surface area contributed by atoms with Gasteiger partial charge in [0.05, 0.1) is 23.1 Å². The van der Waals surface area contributed by atoms with Crippen molar-refractivity contribution in [3.8, 4) is 0 Å². The van der Waals surface area contributed by atoms with Crippen molar-refractivity contribution >= 4 is 22.8 Å². The zero-order valence-electron chi connectivity index (χ0n) is 15.9. The summed E-state index contributed by atoms with van der Waals surface area (Å²) >= 11 is 0. The van der Waals surface area contributed by atoms with Gasteiger partial charge in [0.15, 0.2) is 0 Å². The lowest BCUT2D eigenvalue weighted by atomic mass is 9.94. The lowest BCUT2D eigenvalue weighted by Crippen LogP contribution is -2.46.